The van der Waals surface area contributed by atoms with Crippen LogP contribution in [0, 0.1) is 5.41 Å². The van der Waals surface area contributed by atoms with Gasteiger partial charge in [-0.25, -0.2) is 0 Å². The summed E-state index contributed by atoms with van der Waals surface area (Å²) in [4.78, 5) is 15.2. The Kier molecular flexibility index (Phi) is 3.59. The first kappa shape index (κ1) is 13.4. The zero-order valence-electron chi connectivity index (χ0n) is 12.5. The van der Waals surface area contributed by atoms with Crippen LogP contribution in [0.25, 0.3) is 0 Å². The number of fused-ring (bicyclic) bond motifs is 2. The van der Waals surface area contributed by atoms with Crippen LogP contribution in [0.5, 0.6) is 0 Å². The average molecular weight is 264 g/mol. The van der Waals surface area contributed by atoms with E-state index in [9.17, 15) is 4.79 Å². The predicted molar refractivity (Wildman–Crippen MR) is 76.9 cm³/mol. The lowest BCUT2D eigenvalue weighted by atomic mass is 9.85. The molecule has 3 rings (SSSR count). The molecule has 0 aromatic heterocycles. The number of nitrogens with one attached hydrogen (secondary N) is 1. The van der Waals surface area contributed by atoms with Crippen molar-refractivity contribution in [1.29, 1.82) is 0 Å². The Morgan fingerprint density at radius 2 is 1.79 bits per heavy atom. The third kappa shape index (κ3) is 2.42. The zero-order chi connectivity index (χ0) is 13.5. The zero-order valence-corrected chi connectivity index (χ0v) is 12.5. The van der Waals surface area contributed by atoms with Gasteiger partial charge in [-0.15, -0.1) is 0 Å². The fourth-order valence-electron chi connectivity index (χ4n) is 4.57. The van der Waals surface area contributed by atoms with Gasteiger partial charge in [0.1, 0.15) is 0 Å². The Morgan fingerprint density at radius 3 is 2.32 bits per heavy atom. The summed E-state index contributed by atoms with van der Waals surface area (Å²) >= 11 is 0. The van der Waals surface area contributed by atoms with Crippen LogP contribution in [-0.4, -0.2) is 35.5 Å². The van der Waals surface area contributed by atoms with Crippen molar-refractivity contribution in [2.24, 2.45) is 5.41 Å². The number of nitrogens with zero attached hydrogens (tertiary/aromatic N) is 1. The highest BCUT2D eigenvalue weighted by molar-refractivity contribution is 5.83. The molecule has 2 heterocycles. The van der Waals surface area contributed by atoms with E-state index in [1.165, 1.54) is 38.5 Å². The summed E-state index contributed by atoms with van der Waals surface area (Å²) in [5.74, 6) is 0.443. The molecule has 0 spiro atoms. The molecule has 1 aliphatic carbocycles. The summed E-state index contributed by atoms with van der Waals surface area (Å²) in [5.41, 5.74) is -0.0556. The molecule has 2 saturated heterocycles. The number of carbonyl (C=O) groups excluding carboxylic acids is 1. The van der Waals surface area contributed by atoms with E-state index in [1.807, 2.05) is 0 Å². The fraction of sp³-hybridized carbons (Fsp3) is 0.938. The van der Waals surface area contributed by atoms with E-state index in [0.717, 1.165) is 19.4 Å². The van der Waals surface area contributed by atoms with Crippen LogP contribution >= 0.6 is 0 Å². The van der Waals surface area contributed by atoms with Crippen LogP contribution in [0.15, 0.2) is 0 Å². The van der Waals surface area contributed by atoms with E-state index in [-0.39, 0.29) is 5.41 Å². The number of amides is 1. The van der Waals surface area contributed by atoms with Gasteiger partial charge in [-0.2, -0.15) is 0 Å². The minimum Gasteiger partial charge on any atom is -0.339 e. The summed E-state index contributed by atoms with van der Waals surface area (Å²) in [7, 11) is 0. The molecule has 3 fully saturated rings. The second kappa shape index (κ2) is 5.08. The van der Waals surface area contributed by atoms with Gasteiger partial charge in [0.25, 0.3) is 0 Å². The first-order valence-corrected chi connectivity index (χ1v) is 8.19. The van der Waals surface area contributed by atoms with Gasteiger partial charge in [-0.3, -0.25) is 4.79 Å². The molecule has 2 unspecified atom stereocenters. The summed E-state index contributed by atoms with van der Waals surface area (Å²) in [5, 5.41) is 3.68. The number of hydrogen-bond acceptors (Lipinski definition) is 2. The van der Waals surface area contributed by atoms with Crippen molar-refractivity contribution in [3.8, 4) is 0 Å². The van der Waals surface area contributed by atoms with Crippen LogP contribution in [0.2, 0.25) is 0 Å². The van der Waals surface area contributed by atoms with Crippen LogP contribution < -0.4 is 5.32 Å². The van der Waals surface area contributed by atoms with Crippen molar-refractivity contribution in [3.63, 3.8) is 0 Å². The average Bonchev–Trinajstić information content (AvgIpc) is 2.98. The van der Waals surface area contributed by atoms with Gasteiger partial charge in [0.15, 0.2) is 0 Å². The molecule has 2 atom stereocenters. The summed E-state index contributed by atoms with van der Waals surface area (Å²) < 4.78 is 0. The van der Waals surface area contributed by atoms with Gasteiger partial charge in [0.05, 0.1) is 0 Å². The lowest BCUT2D eigenvalue weighted by molar-refractivity contribution is -0.144. The van der Waals surface area contributed by atoms with Gasteiger partial charge in [0, 0.05) is 30.1 Å². The molecule has 1 N–H and O–H groups in total. The molecule has 0 radical (unpaired) electrons. The molecule has 3 heteroatoms. The standard InChI is InChI=1S/C16H28N2O/c1-3-18(15(19)16(2)8-4-5-9-16)14-10-12-6-7-13(11-14)17-12/h12-14,17H,3-11H2,1-2H3. The van der Waals surface area contributed by atoms with Gasteiger partial charge in [-0.1, -0.05) is 19.8 Å². The lowest BCUT2D eigenvalue weighted by Gasteiger charge is -2.41. The van der Waals surface area contributed by atoms with Gasteiger partial charge in [0.2, 0.25) is 5.91 Å². The first-order valence-electron chi connectivity index (χ1n) is 8.19. The SMILES string of the molecule is CCN(C(=O)C1(C)CCCC1)C1CC2CCC(C1)N2. The Hall–Kier alpha value is -0.570. The third-order valence-corrected chi connectivity index (χ3v) is 5.71. The Bertz CT molecular complexity index is 337. The maximum atomic E-state index is 12.9. The molecule has 3 aliphatic rings. The van der Waals surface area contributed by atoms with Crippen molar-refractivity contribution in [3.05, 3.63) is 0 Å². The van der Waals surface area contributed by atoms with Crippen molar-refractivity contribution in [2.75, 3.05) is 6.54 Å². The van der Waals surface area contributed by atoms with Gasteiger partial charge >= 0.3 is 0 Å². The topological polar surface area (TPSA) is 32.3 Å². The molecule has 19 heavy (non-hydrogen) atoms. The Morgan fingerprint density at radius 1 is 1.21 bits per heavy atom. The fourth-order valence-corrected chi connectivity index (χ4v) is 4.57. The highest BCUT2D eigenvalue weighted by Crippen LogP contribution is 2.40. The molecule has 2 aliphatic heterocycles. The molecule has 1 saturated carbocycles. The van der Waals surface area contributed by atoms with E-state index >= 15 is 0 Å². The van der Waals surface area contributed by atoms with Crippen molar-refractivity contribution >= 4 is 5.91 Å². The quantitative estimate of drug-likeness (QED) is 0.850. The molecular weight excluding hydrogens is 236 g/mol. The Labute approximate surface area is 117 Å². The lowest BCUT2D eigenvalue weighted by Crippen LogP contribution is -2.53. The van der Waals surface area contributed by atoms with E-state index in [0.29, 0.717) is 24.0 Å². The second-order valence-electron chi connectivity index (χ2n) is 7.12. The molecule has 0 aromatic carbocycles. The minimum atomic E-state index is -0.0556. The predicted octanol–water partition coefficient (Wildman–Crippen LogP) is 2.70. The van der Waals surface area contributed by atoms with Crippen LogP contribution in [-0.2, 0) is 4.79 Å². The smallest absolute Gasteiger partial charge is 0.228 e. The van der Waals surface area contributed by atoms with E-state index in [2.05, 4.69) is 24.1 Å². The monoisotopic (exact) mass is 264 g/mol. The van der Waals surface area contributed by atoms with Crippen LogP contribution in [0.3, 0.4) is 0 Å². The maximum Gasteiger partial charge on any atom is 0.228 e. The Balaban J connectivity index is 1.71. The third-order valence-electron chi connectivity index (χ3n) is 5.71. The van der Waals surface area contributed by atoms with E-state index in [4.69, 9.17) is 0 Å². The number of rotatable bonds is 3. The molecule has 2 bridgehead atoms. The highest BCUT2D eigenvalue weighted by atomic mass is 16.2. The molecular formula is C16H28N2O. The summed E-state index contributed by atoms with van der Waals surface area (Å²) in [6, 6.07) is 1.83. The number of carbonyl (C=O) groups is 1. The number of hydrogen-bond donors (Lipinski definition) is 1. The summed E-state index contributed by atoms with van der Waals surface area (Å²) in [6.07, 6.45) is 9.63. The summed E-state index contributed by atoms with van der Waals surface area (Å²) in [6.45, 7) is 5.24. The van der Waals surface area contributed by atoms with Gasteiger partial charge < -0.3 is 10.2 Å². The molecule has 3 nitrogen and oxygen atoms in total. The minimum absolute atomic E-state index is 0.0556. The van der Waals surface area contributed by atoms with Crippen LogP contribution in [0.4, 0.5) is 0 Å². The van der Waals surface area contributed by atoms with Crippen molar-refractivity contribution in [2.45, 2.75) is 83.3 Å². The van der Waals surface area contributed by atoms with Crippen molar-refractivity contribution in [1.82, 2.24) is 10.2 Å². The largest absolute Gasteiger partial charge is 0.339 e. The first-order chi connectivity index (χ1) is 9.12. The van der Waals surface area contributed by atoms with E-state index < -0.39 is 0 Å². The normalized spacial score (nSPS) is 36.4. The highest BCUT2D eigenvalue weighted by Gasteiger charge is 2.43. The number of piperidine rings is 1. The van der Waals surface area contributed by atoms with Crippen molar-refractivity contribution < 1.29 is 4.79 Å². The molecule has 0 aromatic rings. The molecule has 1 amide bonds. The van der Waals surface area contributed by atoms with Crippen LogP contribution in [0.1, 0.15) is 65.2 Å². The van der Waals surface area contributed by atoms with E-state index in [1.54, 1.807) is 0 Å². The second-order valence-corrected chi connectivity index (χ2v) is 7.12. The molecule has 108 valence electrons. The van der Waals surface area contributed by atoms with Gasteiger partial charge in [-0.05, 0) is 45.4 Å². The maximum absolute atomic E-state index is 12.9.